The topological polar surface area (TPSA) is 77.5 Å². The second kappa shape index (κ2) is 5.91. The Kier molecular flexibility index (Phi) is 3.80. The third kappa shape index (κ3) is 2.66. The molecule has 2 aliphatic rings. The van der Waals surface area contributed by atoms with Gasteiger partial charge in [-0.05, 0) is 36.4 Å². The highest BCUT2D eigenvalue weighted by atomic mass is 16.5. The van der Waals surface area contributed by atoms with E-state index < -0.39 is 0 Å². The molecule has 0 unspecified atom stereocenters. The van der Waals surface area contributed by atoms with Gasteiger partial charge >= 0.3 is 5.63 Å². The number of hydrogen-bond donors (Lipinski definition) is 2. The van der Waals surface area contributed by atoms with Crippen LogP contribution in [0.5, 0.6) is 5.75 Å². The molecule has 5 nitrogen and oxygen atoms in total. The van der Waals surface area contributed by atoms with Crippen molar-refractivity contribution in [2.45, 2.75) is 6.92 Å². The molecule has 0 amide bonds. The highest BCUT2D eigenvalue weighted by Crippen LogP contribution is 2.23. The van der Waals surface area contributed by atoms with E-state index in [9.17, 15) is 4.79 Å². The zero-order valence-corrected chi connectivity index (χ0v) is 12.1. The van der Waals surface area contributed by atoms with Crippen LogP contribution < -0.4 is 21.6 Å². The van der Waals surface area contributed by atoms with Crippen LogP contribution >= 0.6 is 0 Å². The van der Waals surface area contributed by atoms with Crippen LogP contribution in [0.4, 0.5) is 5.69 Å². The Labute approximate surface area is 126 Å². The van der Waals surface area contributed by atoms with Gasteiger partial charge in [0.05, 0.1) is 12.3 Å². The Balaban J connectivity index is 0.000000139. The van der Waals surface area contributed by atoms with E-state index in [0.717, 1.165) is 17.7 Å². The van der Waals surface area contributed by atoms with Crippen molar-refractivity contribution >= 4 is 16.7 Å². The Morgan fingerprint density at radius 1 is 1.14 bits per heavy atom. The Morgan fingerprint density at radius 3 is 2.55 bits per heavy atom. The molecule has 0 aliphatic heterocycles. The predicted octanol–water partition coefficient (Wildman–Crippen LogP) is 2.76. The molecule has 1 aromatic carbocycles. The molecule has 0 bridgehead atoms. The first-order valence-corrected chi connectivity index (χ1v) is 6.99. The normalized spacial score (nSPS) is 10.6. The van der Waals surface area contributed by atoms with E-state index in [-0.39, 0.29) is 5.63 Å². The first-order chi connectivity index (χ1) is 10.7. The van der Waals surface area contributed by atoms with Crippen LogP contribution in [0.15, 0.2) is 57.7 Å². The van der Waals surface area contributed by atoms with Gasteiger partial charge in [-0.25, -0.2) is 4.79 Å². The summed E-state index contributed by atoms with van der Waals surface area (Å²) in [4.78, 5) is 10.9. The molecule has 1 aromatic heterocycles. The van der Waals surface area contributed by atoms with E-state index in [1.54, 1.807) is 12.1 Å². The third-order valence-electron chi connectivity index (χ3n) is 3.38. The number of benzene rings is 2. The molecule has 0 atom stereocenters. The number of rotatable bonds is 3. The number of hydrazine groups is 1. The maximum Gasteiger partial charge on any atom is 0.336 e. The molecule has 2 aromatic rings. The summed E-state index contributed by atoms with van der Waals surface area (Å²) in [6.07, 6.45) is 0. The number of nitrogens with one attached hydrogen (secondary N) is 1. The minimum atomic E-state index is -0.360. The smallest absolute Gasteiger partial charge is 0.336 e. The Hall–Kier alpha value is -2.79. The van der Waals surface area contributed by atoms with Crippen LogP contribution in [0.3, 0.4) is 0 Å². The average molecular weight is 296 g/mol. The lowest BCUT2D eigenvalue weighted by molar-refractivity contribution is 0.334. The quantitative estimate of drug-likeness (QED) is 0.345. The van der Waals surface area contributed by atoms with Crippen molar-refractivity contribution in [2.24, 2.45) is 5.84 Å². The fourth-order valence-corrected chi connectivity index (χ4v) is 2.18. The second-order valence-electron chi connectivity index (χ2n) is 4.80. The molecule has 0 saturated carbocycles. The molecule has 2 aliphatic carbocycles. The van der Waals surface area contributed by atoms with E-state index in [1.165, 1.54) is 16.5 Å². The van der Waals surface area contributed by atoms with Gasteiger partial charge in [0.25, 0.3) is 0 Å². The van der Waals surface area contributed by atoms with Gasteiger partial charge in [0, 0.05) is 22.7 Å². The van der Waals surface area contributed by atoms with Crippen molar-refractivity contribution in [1.82, 2.24) is 0 Å². The summed E-state index contributed by atoms with van der Waals surface area (Å²) in [6, 6.07) is 14.7. The van der Waals surface area contributed by atoms with Crippen LogP contribution in [0.25, 0.3) is 11.0 Å². The lowest BCUT2D eigenvalue weighted by Crippen LogP contribution is -2.06. The number of nitrogen functional groups attached to an aromatic ring is 1. The van der Waals surface area contributed by atoms with Gasteiger partial charge in [-0.3, -0.25) is 5.84 Å². The fraction of sp³-hybridized carbons (Fsp3) is 0.118. The van der Waals surface area contributed by atoms with Gasteiger partial charge < -0.3 is 14.6 Å². The van der Waals surface area contributed by atoms with Gasteiger partial charge in [0.2, 0.25) is 0 Å². The van der Waals surface area contributed by atoms with Crippen molar-refractivity contribution in [1.29, 1.82) is 0 Å². The molecule has 0 spiro atoms. The van der Waals surface area contributed by atoms with Gasteiger partial charge in [-0.1, -0.05) is 12.1 Å². The highest BCUT2D eigenvalue weighted by Gasteiger charge is 2.04. The predicted molar refractivity (Wildman–Crippen MR) is 85.6 cm³/mol. The van der Waals surface area contributed by atoms with Crippen molar-refractivity contribution in [2.75, 3.05) is 12.0 Å². The molecule has 1 heterocycles. The first kappa shape index (κ1) is 14.2. The molecule has 0 saturated heterocycles. The van der Waals surface area contributed by atoms with E-state index in [2.05, 4.69) is 23.6 Å². The molecule has 0 fully saturated rings. The van der Waals surface area contributed by atoms with E-state index >= 15 is 0 Å². The van der Waals surface area contributed by atoms with E-state index in [4.69, 9.17) is 15.0 Å². The number of hydrogen-bond acceptors (Lipinski definition) is 5. The van der Waals surface area contributed by atoms with Crippen molar-refractivity contribution < 1.29 is 9.15 Å². The van der Waals surface area contributed by atoms with Crippen molar-refractivity contribution in [3.63, 3.8) is 0 Å². The number of nitrogens with two attached hydrogens (primary N) is 1. The largest absolute Gasteiger partial charge is 0.493 e. The minimum absolute atomic E-state index is 0.360. The summed E-state index contributed by atoms with van der Waals surface area (Å²) in [5.74, 6) is 6.27. The van der Waals surface area contributed by atoms with Crippen LogP contribution in [0.2, 0.25) is 0 Å². The zero-order valence-electron chi connectivity index (χ0n) is 12.1. The third-order valence-corrected chi connectivity index (χ3v) is 3.38. The SMILES string of the molecule is CCOc1cc2ccc1=2.NNc1ccc2ccc(=O)oc2c1. The van der Waals surface area contributed by atoms with Gasteiger partial charge in [0.15, 0.2) is 0 Å². The molecule has 3 N–H and O–H groups in total. The van der Waals surface area contributed by atoms with Crippen LogP contribution in [-0.4, -0.2) is 6.61 Å². The monoisotopic (exact) mass is 296 g/mol. The van der Waals surface area contributed by atoms with Gasteiger partial charge in [-0.2, -0.15) is 0 Å². The summed E-state index contributed by atoms with van der Waals surface area (Å²) in [7, 11) is 0. The molecule has 0 radical (unpaired) electrons. The van der Waals surface area contributed by atoms with Crippen molar-refractivity contribution in [3.05, 3.63) is 69.4 Å². The van der Waals surface area contributed by atoms with E-state index in [1.807, 2.05) is 19.1 Å². The first-order valence-electron chi connectivity index (χ1n) is 6.99. The number of fused-ring (bicyclic) bond motifs is 1. The standard InChI is InChI=1S/C9H8N2O2.C8H8O/c10-11-7-3-1-6-2-4-9(12)13-8(6)5-7;1-2-9-8-5-6-3-4-7(6)8/h1-5,11H,10H2;3-5H,2H2,1H3. The molecule has 5 heteroatoms. The molecule has 4 rings (SSSR count). The Bertz CT molecular complexity index is 964. The summed E-state index contributed by atoms with van der Waals surface area (Å²) in [6.45, 7) is 2.78. The fourth-order valence-electron chi connectivity index (χ4n) is 2.18. The van der Waals surface area contributed by atoms with Gasteiger partial charge in [0.1, 0.15) is 11.3 Å². The highest BCUT2D eigenvalue weighted by molar-refractivity contribution is 5.79. The molecule has 112 valence electrons. The van der Waals surface area contributed by atoms with Crippen LogP contribution in [-0.2, 0) is 0 Å². The average Bonchev–Trinajstić information content (AvgIpc) is 2.52. The number of anilines is 1. The van der Waals surface area contributed by atoms with Crippen LogP contribution in [0.1, 0.15) is 6.92 Å². The second-order valence-corrected chi connectivity index (χ2v) is 4.80. The maximum absolute atomic E-state index is 10.9. The minimum Gasteiger partial charge on any atom is -0.493 e. The lowest BCUT2D eigenvalue weighted by atomic mass is 10.1. The number of ether oxygens (including phenoxy) is 1. The summed E-state index contributed by atoms with van der Waals surface area (Å²) < 4.78 is 10.2. The summed E-state index contributed by atoms with van der Waals surface area (Å²) >= 11 is 0. The van der Waals surface area contributed by atoms with Gasteiger partial charge in [-0.15, -0.1) is 0 Å². The van der Waals surface area contributed by atoms with E-state index in [0.29, 0.717) is 11.3 Å². The van der Waals surface area contributed by atoms with Crippen LogP contribution in [0, 0.1) is 10.4 Å². The molecular weight excluding hydrogens is 280 g/mol. The molecule has 22 heavy (non-hydrogen) atoms. The zero-order chi connectivity index (χ0) is 15.5. The maximum atomic E-state index is 10.9. The Morgan fingerprint density at radius 2 is 1.95 bits per heavy atom. The summed E-state index contributed by atoms with van der Waals surface area (Å²) in [5, 5.41) is 3.52. The lowest BCUT2D eigenvalue weighted by Gasteiger charge is -2.10. The summed E-state index contributed by atoms with van der Waals surface area (Å²) in [5.41, 5.74) is 3.36. The van der Waals surface area contributed by atoms with Crippen molar-refractivity contribution in [3.8, 4) is 5.75 Å². The molecular formula is C17H16N2O3.